The lowest BCUT2D eigenvalue weighted by Crippen LogP contribution is -2.40. The standard InChI is InChI=1S/C8H16N2S4/c1(9-7-3-11-12-4-7)2-10-8-5-13-14-6-8/h7-10H,1-6H2. The summed E-state index contributed by atoms with van der Waals surface area (Å²) in [4.78, 5) is 0. The van der Waals surface area contributed by atoms with Crippen LogP contribution in [-0.4, -0.2) is 48.2 Å². The van der Waals surface area contributed by atoms with E-state index < -0.39 is 0 Å². The second kappa shape index (κ2) is 6.81. The molecule has 0 aromatic heterocycles. The van der Waals surface area contributed by atoms with E-state index >= 15 is 0 Å². The highest BCUT2D eigenvalue weighted by molar-refractivity contribution is 8.77. The van der Waals surface area contributed by atoms with Crippen LogP contribution in [-0.2, 0) is 0 Å². The zero-order valence-electron chi connectivity index (χ0n) is 8.03. The van der Waals surface area contributed by atoms with Gasteiger partial charge < -0.3 is 10.6 Å². The summed E-state index contributed by atoms with van der Waals surface area (Å²) in [5.74, 6) is 5.11. The van der Waals surface area contributed by atoms with Crippen LogP contribution in [0.1, 0.15) is 0 Å². The van der Waals surface area contributed by atoms with Crippen molar-refractivity contribution in [2.24, 2.45) is 0 Å². The van der Waals surface area contributed by atoms with Crippen molar-refractivity contribution >= 4 is 43.2 Å². The van der Waals surface area contributed by atoms with E-state index in [4.69, 9.17) is 0 Å². The van der Waals surface area contributed by atoms with E-state index in [1.807, 2.05) is 43.2 Å². The third-order valence-electron chi connectivity index (χ3n) is 2.23. The second-order valence-electron chi connectivity index (χ2n) is 3.44. The van der Waals surface area contributed by atoms with E-state index in [-0.39, 0.29) is 0 Å². The van der Waals surface area contributed by atoms with Gasteiger partial charge in [-0.3, -0.25) is 0 Å². The summed E-state index contributed by atoms with van der Waals surface area (Å²) >= 11 is 0. The van der Waals surface area contributed by atoms with Crippen LogP contribution in [0.25, 0.3) is 0 Å². The average molecular weight is 268 g/mol. The summed E-state index contributed by atoms with van der Waals surface area (Å²) in [5, 5.41) is 7.18. The van der Waals surface area contributed by atoms with Gasteiger partial charge in [-0.05, 0) is 0 Å². The Morgan fingerprint density at radius 3 is 1.43 bits per heavy atom. The first kappa shape index (κ1) is 11.8. The Morgan fingerprint density at radius 2 is 1.07 bits per heavy atom. The van der Waals surface area contributed by atoms with Gasteiger partial charge in [0, 0.05) is 48.2 Å². The molecule has 2 fully saturated rings. The van der Waals surface area contributed by atoms with Crippen LogP contribution in [0, 0.1) is 0 Å². The Balaban J connectivity index is 1.46. The molecule has 2 saturated heterocycles. The van der Waals surface area contributed by atoms with Crippen molar-refractivity contribution in [1.29, 1.82) is 0 Å². The number of hydrogen-bond donors (Lipinski definition) is 2. The summed E-state index contributed by atoms with van der Waals surface area (Å²) in [5.41, 5.74) is 0. The maximum atomic E-state index is 3.59. The molecule has 6 heteroatoms. The molecule has 2 rings (SSSR count). The number of rotatable bonds is 5. The lowest BCUT2D eigenvalue weighted by Gasteiger charge is -2.13. The predicted octanol–water partition coefficient (Wildman–Crippen LogP) is 1.69. The van der Waals surface area contributed by atoms with Crippen LogP contribution in [0.4, 0.5) is 0 Å². The molecule has 0 bridgehead atoms. The average Bonchev–Trinajstić information content (AvgIpc) is 2.86. The Labute approximate surface area is 102 Å². The van der Waals surface area contributed by atoms with Crippen LogP contribution < -0.4 is 10.6 Å². The largest absolute Gasteiger partial charge is 0.311 e. The molecule has 2 aliphatic heterocycles. The van der Waals surface area contributed by atoms with E-state index in [1.165, 1.54) is 23.0 Å². The lowest BCUT2D eigenvalue weighted by molar-refractivity contribution is 0.540. The van der Waals surface area contributed by atoms with E-state index in [0.717, 1.165) is 25.2 Å². The monoisotopic (exact) mass is 268 g/mol. The van der Waals surface area contributed by atoms with Gasteiger partial charge in [0.1, 0.15) is 0 Å². The highest BCUT2D eigenvalue weighted by Gasteiger charge is 2.16. The van der Waals surface area contributed by atoms with Gasteiger partial charge in [0.15, 0.2) is 0 Å². The molecule has 0 unspecified atom stereocenters. The summed E-state index contributed by atoms with van der Waals surface area (Å²) in [6, 6.07) is 1.50. The molecule has 0 saturated carbocycles. The van der Waals surface area contributed by atoms with Crippen LogP contribution in [0.3, 0.4) is 0 Å². The SMILES string of the molecule is C(CNC1CSSC1)NC1CSSC1. The molecule has 0 aromatic carbocycles. The summed E-state index contributed by atoms with van der Waals surface area (Å²) < 4.78 is 0. The van der Waals surface area contributed by atoms with E-state index in [0.29, 0.717) is 0 Å². The van der Waals surface area contributed by atoms with Crippen LogP contribution in [0.15, 0.2) is 0 Å². The third-order valence-corrected chi connectivity index (χ3v) is 7.35. The molecule has 0 amide bonds. The van der Waals surface area contributed by atoms with Crippen molar-refractivity contribution in [2.75, 3.05) is 36.1 Å². The maximum absolute atomic E-state index is 3.59. The summed E-state index contributed by atoms with van der Waals surface area (Å²) in [7, 11) is 7.97. The Morgan fingerprint density at radius 1 is 0.714 bits per heavy atom. The predicted molar refractivity (Wildman–Crippen MR) is 73.4 cm³/mol. The fourth-order valence-electron chi connectivity index (χ4n) is 1.41. The van der Waals surface area contributed by atoms with Gasteiger partial charge in [0.25, 0.3) is 0 Å². The minimum Gasteiger partial charge on any atom is -0.311 e. The highest BCUT2D eigenvalue weighted by Crippen LogP contribution is 2.31. The second-order valence-corrected chi connectivity index (χ2v) is 8.54. The van der Waals surface area contributed by atoms with E-state index in [9.17, 15) is 0 Å². The minimum atomic E-state index is 0.749. The molecule has 2 N–H and O–H groups in total. The van der Waals surface area contributed by atoms with Crippen molar-refractivity contribution in [3.8, 4) is 0 Å². The molecular formula is C8H16N2S4. The van der Waals surface area contributed by atoms with Crippen molar-refractivity contribution in [3.05, 3.63) is 0 Å². The molecule has 0 atom stereocenters. The fourth-order valence-corrected chi connectivity index (χ4v) is 6.81. The normalized spacial score (nSPS) is 24.9. The first-order valence-electron chi connectivity index (χ1n) is 4.91. The molecule has 2 nitrogen and oxygen atoms in total. The first-order valence-corrected chi connectivity index (χ1v) is 9.88. The molecule has 14 heavy (non-hydrogen) atoms. The number of hydrogen-bond acceptors (Lipinski definition) is 6. The molecule has 82 valence electrons. The quantitative estimate of drug-likeness (QED) is 0.581. The van der Waals surface area contributed by atoms with Gasteiger partial charge in [0.2, 0.25) is 0 Å². The van der Waals surface area contributed by atoms with Gasteiger partial charge in [-0.15, -0.1) is 0 Å². The van der Waals surface area contributed by atoms with E-state index in [2.05, 4.69) is 10.6 Å². The minimum absolute atomic E-state index is 0.749. The van der Waals surface area contributed by atoms with Gasteiger partial charge in [-0.25, -0.2) is 0 Å². The summed E-state index contributed by atoms with van der Waals surface area (Å²) in [6.07, 6.45) is 0. The summed E-state index contributed by atoms with van der Waals surface area (Å²) in [6.45, 7) is 2.25. The zero-order valence-corrected chi connectivity index (χ0v) is 11.3. The third kappa shape index (κ3) is 4.06. The van der Waals surface area contributed by atoms with Crippen molar-refractivity contribution < 1.29 is 0 Å². The Hall–Kier alpha value is 1.32. The van der Waals surface area contributed by atoms with Gasteiger partial charge >= 0.3 is 0 Å². The van der Waals surface area contributed by atoms with Crippen molar-refractivity contribution in [1.82, 2.24) is 10.6 Å². The Kier molecular flexibility index (Phi) is 5.73. The van der Waals surface area contributed by atoms with Gasteiger partial charge in [-0.1, -0.05) is 43.2 Å². The van der Waals surface area contributed by atoms with Crippen LogP contribution >= 0.6 is 43.2 Å². The van der Waals surface area contributed by atoms with Crippen LogP contribution in [0.5, 0.6) is 0 Å². The first-order chi connectivity index (χ1) is 6.95. The molecule has 2 aliphatic rings. The fraction of sp³-hybridized carbons (Fsp3) is 1.00. The highest BCUT2D eigenvalue weighted by atomic mass is 33.1. The van der Waals surface area contributed by atoms with Crippen molar-refractivity contribution in [2.45, 2.75) is 12.1 Å². The molecule has 0 aromatic rings. The van der Waals surface area contributed by atoms with Gasteiger partial charge in [0.05, 0.1) is 0 Å². The molecular weight excluding hydrogens is 252 g/mol. The maximum Gasteiger partial charge on any atom is 0.0266 e. The van der Waals surface area contributed by atoms with Crippen molar-refractivity contribution in [3.63, 3.8) is 0 Å². The van der Waals surface area contributed by atoms with E-state index in [1.54, 1.807) is 0 Å². The van der Waals surface area contributed by atoms with Crippen LogP contribution in [0.2, 0.25) is 0 Å². The topological polar surface area (TPSA) is 24.1 Å². The number of nitrogens with one attached hydrogen (secondary N) is 2. The lowest BCUT2D eigenvalue weighted by atomic mass is 10.3. The molecule has 2 heterocycles. The zero-order chi connectivity index (χ0) is 9.64. The van der Waals surface area contributed by atoms with Gasteiger partial charge in [-0.2, -0.15) is 0 Å². The molecule has 0 spiro atoms. The smallest absolute Gasteiger partial charge is 0.0266 e. The molecule has 0 radical (unpaired) electrons. The Bertz CT molecular complexity index is 139. The molecule has 0 aliphatic carbocycles.